The molecule has 6 nitrogen and oxygen atoms in total. The Morgan fingerprint density at radius 3 is 2.58 bits per heavy atom. The second kappa shape index (κ2) is 6.75. The molecule has 0 saturated carbocycles. The third-order valence-corrected chi connectivity index (χ3v) is 5.04. The summed E-state index contributed by atoms with van der Waals surface area (Å²) in [5, 5.41) is 4.23. The van der Waals surface area contributed by atoms with Gasteiger partial charge in [-0.1, -0.05) is 6.07 Å². The second-order valence-corrected chi connectivity index (χ2v) is 6.60. The fourth-order valence-corrected chi connectivity index (χ4v) is 3.57. The number of carbonyl (C=O) groups excluding carboxylic acids is 1. The van der Waals surface area contributed by atoms with Crippen molar-refractivity contribution in [3.8, 4) is 5.69 Å². The van der Waals surface area contributed by atoms with Gasteiger partial charge in [0, 0.05) is 49.0 Å². The van der Waals surface area contributed by atoms with Gasteiger partial charge in [-0.25, -0.2) is 4.68 Å². The molecule has 1 saturated heterocycles. The lowest BCUT2D eigenvalue weighted by molar-refractivity contribution is 0.0679. The highest BCUT2D eigenvalue weighted by molar-refractivity contribution is 5.94. The van der Waals surface area contributed by atoms with E-state index in [1.165, 1.54) is 0 Å². The third kappa shape index (κ3) is 3.07. The molecule has 0 spiro atoms. The van der Waals surface area contributed by atoms with Gasteiger partial charge >= 0.3 is 0 Å². The molecule has 1 aromatic carbocycles. The van der Waals surface area contributed by atoms with Crippen LogP contribution in [0.1, 0.15) is 31.1 Å². The molecule has 0 radical (unpaired) electrons. The van der Waals surface area contributed by atoms with E-state index in [-0.39, 0.29) is 11.9 Å². The Balaban J connectivity index is 1.79. The number of carbonyl (C=O) groups is 1. The first-order valence-electron chi connectivity index (χ1n) is 8.37. The number of amides is 1. The van der Waals surface area contributed by atoms with Crippen molar-refractivity contribution >= 4 is 5.91 Å². The van der Waals surface area contributed by atoms with Crippen molar-refractivity contribution in [3.63, 3.8) is 0 Å². The van der Waals surface area contributed by atoms with Crippen LogP contribution in [0.15, 0.2) is 42.7 Å². The molecule has 0 bridgehead atoms. The number of aromatic nitrogens is 2. The predicted molar refractivity (Wildman–Crippen MR) is 93.8 cm³/mol. The highest BCUT2D eigenvalue weighted by Gasteiger charge is 2.37. The fourth-order valence-electron chi connectivity index (χ4n) is 3.57. The highest BCUT2D eigenvalue weighted by atomic mass is 16.2. The summed E-state index contributed by atoms with van der Waals surface area (Å²) in [5.74, 6) is 0.385. The monoisotopic (exact) mass is 327 g/mol. The van der Waals surface area contributed by atoms with E-state index in [9.17, 15) is 4.79 Å². The number of rotatable bonds is 4. The molecule has 0 aliphatic carbocycles. The second-order valence-electron chi connectivity index (χ2n) is 6.60. The van der Waals surface area contributed by atoms with E-state index < -0.39 is 0 Å². The fraction of sp³-hybridized carbons (Fsp3) is 0.444. The molecule has 1 aliphatic rings. The number of benzene rings is 1. The van der Waals surface area contributed by atoms with Gasteiger partial charge in [-0.05, 0) is 45.0 Å². The van der Waals surface area contributed by atoms with Gasteiger partial charge in [-0.3, -0.25) is 15.6 Å². The topological polar surface area (TPSA) is 62.2 Å². The van der Waals surface area contributed by atoms with Crippen LogP contribution in [0.3, 0.4) is 0 Å². The number of nitrogens with zero attached hydrogens (tertiary/aromatic N) is 3. The van der Waals surface area contributed by atoms with Crippen LogP contribution in [0.4, 0.5) is 0 Å². The smallest absolute Gasteiger partial charge is 0.253 e. The molecule has 2 N–H and O–H groups in total. The molecule has 1 amide bonds. The molecule has 3 unspecified atom stereocenters. The Morgan fingerprint density at radius 1 is 1.25 bits per heavy atom. The van der Waals surface area contributed by atoms with E-state index in [4.69, 9.17) is 0 Å². The lowest BCUT2D eigenvalue weighted by Crippen LogP contribution is -2.46. The van der Waals surface area contributed by atoms with Gasteiger partial charge in [-0.2, -0.15) is 5.10 Å². The first-order chi connectivity index (χ1) is 11.5. The molecular formula is C18H25N5O. The van der Waals surface area contributed by atoms with E-state index >= 15 is 0 Å². The van der Waals surface area contributed by atoms with Crippen LogP contribution in [-0.4, -0.2) is 45.8 Å². The van der Waals surface area contributed by atoms with Gasteiger partial charge < -0.3 is 4.90 Å². The van der Waals surface area contributed by atoms with Crippen molar-refractivity contribution < 1.29 is 4.79 Å². The third-order valence-electron chi connectivity index (χ3n) is 5.04. The quantitative estimate of drug-likeness (QED) is 0.899. The minimum Gasteiger partial charge on any atom is -0.339 e. The Bertz CT molecular complexity index is 689. The summed E-state index contributed by atoms with van der Waals surface area (Å²) in [7, 11) is 1.88. The first kappa shape index (κ1) is 16.7. The zero-order valence-electron chi connectivity index (χ0n) is 14.6. The Kier molecular flexibility index (Phi) is 4.69. The molecule has 1 aromatic heterocycles. The van der Waals surface area contributed by atoms with Gasteiger partial charge in [-0.15, -0.1) is 0 Å². The molecule has 1 aliphatic heterocycles. The van der Waals surface area contributed by atoms with Crippen molar-refractivity contribution in [1.29, 1.82) is 0 Å². The molecule has 6 heteroatoms. The van der Waals surface area contributed by atoms with Gasteiger partial charge in [0.15, 0.2) is 0 Å². The number of nitrogens with one attached hydrogen (secondary N) is 2. The van der Waals surface area contributed by atoms with Gasteiger partial charge in [0.25, 0.3) is 5.91 Å². The molecule has 24 heavy (non-hydrogen) atoms. The summed E-state index contributed by atoms with van der Waals surface area (Å²) in [5.41, 5.74) is 8.09. The zero-order valence-corrected chi connectivity index (χ0v) is 14.6. The van der Waals surface area contributed by atoms with Crippen LogP contribution in [0.5, 0.6) is 0 Å². The average molecular weight is 327 g/mol. The van der Waals surface area contributed by atoms with Crippen LogP contribution < -0.4 is 10.9 Å². The van der Waals surface area contributed by atoms with E-state index in [0.717, 1.165) is 5.69 Å². The van der Waals surface area contributed by atoms with Gasteiger partial charge in [0.05, 0.1) is 5.69 Å². The van der Waals surface area contributed by atoms with Crippen LogP contribution in [0.2, 0.25) is 0 Å². The molecule has 3 atom stereocenters. The van der Waals surface area contributed by atoms with E-state index in [1.54, 1.807) is 10.9 Å². The SMILES string of the molecule is CC1NNC(C)C1C(C)N(C)C(=O)c1cccc(-n2cccn2)c1. The normalized spacial score (nSPS) is 24.8. The van der Waals surface area contributed by atoms with Gasteiger partial charge in [0.2, 0.25) is 0 Å². The lowest BCUT2D eigenvalue weighted by Gasteiger charge is -2.33. The van der Waals surface area contributed by atoms with E-state index in [2.05, 4.69) is 36.7 Å². The lowest BCUT2D eigenvalue weighted by atomic mass is 9.88. The van der Waals surface area contributed by atoms with Crippen LogP contribution >= 0.6 is 0 Å². The van der Waals surface area contributed by atoms with Crippen molar-refractivity contribution in [3.05, 3.63) is 48.3 Å². The highest BCUT2D eigenvalue weighted by Crippen LogP contribution is 2.23. The summed E-state index contributed by atoms with van der Waals surface area (Å²) in [6.07, 6.45) is 3.60. The number of hydrogen-bond acceptors (Lipinski definition) is 4. The standard InChI is InChI=1S/C18H25N5O/c1-12-17(13(2)21-20-12)14(3)22(4)18(24)15-7-5-8-16(11-15)23-10-6-9-19-23/h5-14,17,20-21H,1-4H3. The predicted octanol–water partition coefficient (Wildman–Crippen LogP) is 1.83. The molecule has 128 valence electrons. The summed E-state index contributed by atoms with van der Waals surface area (Å²) < 4.78 is 1.76. The Labute approximate surface area is 142 Å². The zero-order chi connectivity index (χ0) is 17.3. The van der Waals surface area contributed by atoms with Crippen molar-refractivity contribution in [1.82, 2.24) is 25.5 Å². The maximum atomic E-state index is 12.9. The van der Waals surface area contributed by atoms with Crippen molar-refractivity contribution in [2.45, 2.75) is 38.9 Å². The molecule has 2 aromatic rings. The van der Waals surface area contributed by atoms with Crippen LogP contribution in [0, 0.1) is 5.92 Å². The van der Waals surface area contributed by atoms with E-state index in [0.29, 0.717) is 23.6 Å². The van der Waals surface area contributed by atoms with Crippen LogP contribution in [0.25, 0.3) is 5.69 Å². The van der Waals surface area contributed by atoms with Crippen molar-refractivity contribution in [2.75, 3.05) is 7.05 Å². The maximum Gasteiger partial charge on any atom is 0.253 e. The molecule has 1 fully saturated rings. The molecule has 3 rings (SSSR count). The van der Waals surface area contributed by atoms with Crippen molar-refractivity contribution in [2.24, 2.45) is 5.92 Å². The Hall–Kier alpha value is -2.18. The minimum atomic E-state index is 0.0304. The largest absolute Gasteiger partial charge is 0.339 e. The summed E-state index contributed by atoms with van der Waals surface area (Å²) >= 11 is 0. The first-order valence-corrected chi connectivity index (χ1v) is 8.37. The summed E-state index contributed by atoms with van der Waals surface area (Å²) in [6, 6.07) is 10.2. The minimum absolute atomic E-state index is 0.0304. The summed E-state index contributed by atoms with van der Waals surface area (Å²) in [6.45, 7) is 6.41. The number of hydrazine groups is 1. The number of hydrogen-bond donors (Lipinski definition) is 2. The van der Waals surface area contributed by atoms with Crippen LogP contribution in [-0.2, 0) is 0 Å². The molecular weight excluding hydrogens is 302 g/mol. The average Bonchev–Trinajstić information content (AvgIpc) is 3.23. The van der Waals surface area contributed by atoms with E-state index in [1.807, 2.05) is 48.5 Å². The Morgan fingerprint density at radius 2 is 1.96 bits per heavy atom. The summed E-state index contributed by atoms with van der Waals surface area (Å²) in [4.78, 5) is 14.8. The molecule has 2 heterocycles. The van der Waals surface area contributed by atoms with Gasteiger partial charge in [0.1, 0.15) is 0 Å². The maximum absolute atomic E-state index is 12.9.